The van der Waals surface area contributed by atoms with Gasteiger partial charge < -0.3 is 13.7 Å². The van der Waals surface area contributed by atoms with Gasteiger partial charge in [-0.2, -0.15) is 0 Å². The lowest BCUT2D eigenvalue weighted by atomic mass is 10.2. The minimum atomic E-state index is -1.76. The van der Waals surface area contributed by atoms with Crippen LogP contribution in [-0.2, 0) is 29.1 Å². The van der Waals surface area contributed by atoms with Crippen LogP contribution < -0.4 is 0 Å². The molecule has 5 heteroatoms. The lowest BCUT2D eigenvalue weighted by Crippen LogP contribution is -2.40. The maximum absolute atomic E-state index is 6.24. The third kappa shape index (κ3) is 5.02. The SMILES string of the molecule is CC(C)(C)[Si](C)(C)OCc1nccn1COCc1ccccc1. The smallest absolute Gasteiger partial charge is 0.192 e. The van der Waals surface area contributed by atoms with Crippen LogP contribution in [0.15, 0.2) is 42.7 Å². The van der Waals surface area contributed by atoms with Crippen molar-refractivity contribution < 1.29 is 9.16 Å². The van der Waals surface area contributed by atoms with Gasteiger partial charge in [0.1, 0.15) is 12.6 Å². The van der Waals surface area contributed by atoms with Crippen molar-refractivity contribution in [3.63, 3.8) is 0 Å². The summed E-state index contributed by atoms with van der Waals surface area (Å²) in [6.07, 6.45) is 3.74. The first-order chi connectivity index (χ1) is 10.8. The zero-order valence-corrected chi connectivity index (χ0v) is 15.9. The summed E-state index contributed by atoms with van der Waals surface area (Å²) in [4.78, 5) is 4.41. The maximum Gasteiger partial charge on any atom is 0.192 e. The molecule has 1 aromatic heterocycles. The molecule has 0 radical (unpaired) electrons. The normalized spacial score (nSPS) is 12.6. The Kier molecular flexibility index (Phi) is 5.78. The molecule has 23 heavy (non-hydrogen) atoms. The molecule has 0 atom stereocenters. The molecule has 0 saturated carbocycles. The van der Waals surface area contributed by atoms with Crippen molar-refractivity contribution in [2.45, 2.75) is 58.8 Å². The van der Waals surface area contributed by atoms with E-state index in [1.807, 2.05) is 29.0 Å². The van der Waals surface area contributed by atoms with Crippen LogP contribution in [0.3, 0.4) is 0 Å². The van der Waals surface area contributed by atoms with Crippen molar-refractivity contribution in [3.8, 4) is 0 Å². The average molecular weight is 333 g/mol. The number of nitrogens with zero attached hydrogens (tertiary/aromatic N) is 2. The van der Waals surface area contributed by atoms with Crippen molar-refractivity contribution in [2.75, 3.05) is 0 Å². The van der Waals surface area contributed by atoms with Crippen molar-refractivity contribution in [1.82, 2.24) is 9.55 Å². The number of benzene rings is 1. The fourth-order valence-electron chi connectivity index (χ4n) is 1.90. The summed E-state index contributed by atoms with van der Waals surface area (Å²) in [7, 11) is -1.76. The molecule has 0 spiro atoms. The molecule has 0 amide bonds. The molecule has 0 aliphatic heterocycles. The van der Waals surface area contributed by atoms with E-state index in [9.17, 15) is 0 Å². The molecule has 1 aromatic carbocycles. The molecule has 0 saturated heterocycles. The Hall–Kier alpha value is -1.43. The van der Waals surface area contributed by atoms with Gasteiger partial charge in [-0.15, -0.1) is 0 Å². The van der Waals surface area contributed by atoms with E-state index in [0.29, 0.717) is 19.9 Å². The highest BCUT2D eigenvalue weighted by atomic mass is 28.4. The van der Waals surface area contributed by atoms with Gasteiger partial charge in [0.15, 0.2) is 8.32 Å². The van der Waals surface area contributed by atoms with Crippen molar-refractivity contribution >= 4 is 8.32 Å². The Morgan fingerprint density at radius 1 is 1.09 bits per heavy atom. The van der Waals surface area contributed by atoms with Gasteiger partial charge in [-0.05, 0) is 23.7 Å². The predicted octanol–water partition coefficient (Wildman–Crippen LogP) is 4.58. The Bertz CT molecular complexity index is 603. The topological polar surface area (TPSA) is 36.3 Å². The Morgan fingerprint density at radius 2 is 1.78 bits per heavy atom. The molecular formula is C18H28N2O2Si. The lowest BCUT2D eigenvalue weighted by Gasteiger charge is -2.36. The van der Waals surface area contributed by atoms with E-state index < -0.39 is 8.32 Å². The second kappa shape index (κ2) is 7.42. The summed E-state index contributed by atoms with van der Waals surface area (Å²) in [6, 6.07) is 10.2. The van der Waals surface area contributed by atoms with E-state index in [0.717, 1.165) is 5.82 Å². The van der Waals surface area contributed by atoms with Crippen LogP contribution in [0.25, 0.3) is 0 Å². The molecule has 2 aromatic rings. The van der Waals surface area contributed by atoms with Gasteiger partial charge in [0, 0.05) is 12.4 Å². The molecule has 0 fully saturated rings. The zero-order valence-electron chi connectivity index (χ0n) is 14.9. The van der Waals surface area contributed by atoms with E-state index in [-0.39, 0.29) is 5.04 Å². The molecular weight excluding hydrogens is 304 g/mol. The first-order valence-corrected chi connectivity index (χ1v) is 11.0. The highest BCUT2D eigenvalue weighted by molar-refractivity contribution is 6.74. The summed E-state index contributed by atoms with van der Waals surface area (Å²) in [5, 5.41) is 0.203. The molecule has 0 N–H and O–H groups in total. The van der Waals surface area contributed by atoms with Crippen LogP contribution >= 0.6 is 0 Å². The summed E-state index contributed by atoms with van der Waals surface area (Å²) >= 11 is 0. The lowest BCUT2D eigenvalue weighted by molar-refractivity contribution is 0.0597. The zero-order chi connectivity index (χ0) is 16.9. The van der Waals surface area contributed by atoms with E-state index in [1.165, 1.54) is 5.56 Å². The van der Waals surface area contributed by atoms with Crippen LogP contribution in [0.2, 0.25) is 18.1 Å². The standard InChI is InChI=1S/C18H28N2O2Si/c1-18(2,3)23(4,5)22-14-17-19-11-12-20(17)15-21-13-16-9-7-6-8-10-16/h6-12H,13-15H2,1-5H3. The van der Waals surface area contributed by atoms with Gasteiger partial charge in [-0.1, -0.05) is 51.1 Å². The molecule has 0 bridgehead atoms. The van der Waals surface area contributed by atoms with Crippen molar-refractivity contribution in [2.24, 2.45) is 0 Å². The van der Waals surface area contributed by atoms with Gasteiger partial charge in [0.05, 0.1) is 13.2 Å². The monoisotopic (exact) mass is 332 g/mol. The van der Waals surface area contributed by atoms with Crippen LogP contribution in [0.1, 0.15) is 32.2 Å². The van der Waals surface area contributed by atoms with Gasteiger partial charge in [0.25, 0.3) is 0 Å². The number of hydrogen-bond donors (Lipinski definition) is 0. The second-order valence-electron chi connectivity index (χ2n) is 7.33. The Labute approximate surface area is 140 Å². The molecule has 2 rings (SSSR count). The number of aromatic nitrogens is 2. The quantitative estimate of drug-likeness (QED) is 0.696. The fourth-order valence-corrected chi connectivity index (χ4v) is 2.82. The third-order valence-electron chi connectivity index (χ3n) is 4.51. The van der Waals surface area contributed by atoms with Crippen molar-refractivity contribution in [3.05, 3.63) is 54.1 Å². The molecule has 126 valence electrons. The van der Waals surface area contributed by atoms with Crippen molar-refractivity contribution in [1.29, 1.82) is 0 Å². The minimum Gasteiger partial charge on any atom is -0.409 e. The van der Waals surface area contributed by atoms with Crippen LogP contribution in [0, 0.1) is 0 Å². The number of hydrogen-bond acceptors (Lipinski definition) is 3. The molecule has 0 aliphatic carbocycles. The number of ether oxygens (including phenoxy) is 1. The Morgan fingerprint density at radius 3 is 2.43 bits per heavy atom. The third-order valence-corrected chi connectivity index (χ3v) is 8.99. The van der Waals surface area contributed by atoms with Crippen LogP contribution in [0.5, 0.6) is 0 Å². The maximum atomic E-state index is 6.24. The highest BCUT2D eigenvalue weighted by Crippen LogP contribution is 2.36. The first kappa shape index (κ1) is 17.9. The first-order valence-electron chi connectivity index (χ1n) is 8.05. The number of imidazole rings is 1. The summed E-state index contributed by atoms with van der Waals surface area (Å²) in [5.41, 5.74) is 1.17. The van der Waals surface area contributed by atoms with Gasteiger partial charge in [0.2, 0.25) is 0 Å². The van der Waals surface area contributed by atoms with Crippen LogP contribution in [-0.4, -0.2) is 17.9 Å². The van der Waals surface area contributed by atoms with Gasteiger partial charge in [-0.3, -0.25) is 0 Å². The summed E-state index contributed by atoms with van der Waals surface area (Å²) in [5.74, 6) is 0.919. The predicted molar refractivity (Wildman–Crippen MR) is 95.4 cm³/mol. The molecule has 0 aliphatic rings. The average Bonchev–Trinajstić information content (AvgIpc) is 2.93. The van der Waals surface area contributed by atoms with E-state index in [4.69, 9.17) is 9.16 Å². The van der Waals surface area contributed by atoms with E-state index in [2.05, 4.69) is 51.0 Å². The van der Waals surface area contributed by atoms with Gasteiger partial charge >= 0.3 is 0 Å². The minimum absolute atomic E-state index is 0.203. The second-order valence-corrected chi connectivity index (χ2v) is 12.1. The molecule has 4 nitrogen and oxygen atoms in total. The number of rotatable bonds is 7. The van der Waals surface area contributed by atoms with E-state index in [1.54, 1.807) is 6.20 Å². The van der Waals surface area contributed by atoms with Crippen LogP contribution in [0.4, 0.5) is 0 Å². The summed E-state index contributed by atoms with van der Waals surface area (Å²) < 4.78 is 14.0. The largest absolute Gasteiger partial charge is 0.409 e. The summed E-state index contributed by atoms with van der Waals surface area (Å²) in [6.45, 7) is 12.9. The molecule has 1 heterocycles. The highest BCUT2D eigenvalue weighted by Gasteiger charge is 2.37. The fraction of sp³-hybridized carbons (Fsp3) is 0.500. The molecule has 0 unspecified atom stereocenters. The van der Waals surface area contributed by atoms with E-state index >= 15 is 0 Å². The van der Waals surface area contributed by atoms with Gasteiger partial charge in [-0.25, -0.2) is 4.98 Å². The Balaban J connectivity index is 1.87.